The van der Waals surface area contributed by atoms with Crippen molar-refractivity contribution in [3.8, 4) is 0 Å². The molecule has 4 unspecified atom stereocenters. The third-order valence-electron chi connectivity index (χ3n) is 5.10. The first-order valence-corrected chi connectivity index (χ1v) is 6.08. The zero-order valence-corrected chi connectivity index (χ0v) is 8.86. The minimum absolute atomic E-state index is 0.811. The minimum atomic E-state index is 0.811. The molecular weight excluding hydrogens is 168 g/mol. The topological polar surface area (TPSA) is 0 Å². The summed E-state index contributed by atoms with van der Waals surface area (Å²) in [5.41, 5.74) is 0. The lowest BCUT2D eigenvalue weighted by Crippen LogP contribution is -2.49. The van der Waals surface area contributed by atoms with Crippen molar-refractivity contribution in [3.05, 3.63) is 25.3 Å². The molecule has 4 saturated carbocycles. The van der Waals surface area contributed by atoms with Crippen molar-refractivity contribution in [2.45, 2.75) is 25.7 Å². The van der Waals surface area contributed by atoms with Crippen LogP contribution in [-0.4, -0.2) is 0 Å². The van der Waals surface area contributed by atoms with Crippen LogP contribution in [0.25, 0.3) is 0 Å². The van der Waals surface area contributed by atoms with Gasteiger partial charge in [0, 0.05) is 0 Å². The standard InChI is InChI=1S/C14H20/c1-3-12-10-5-9-6-11(8-10)13(4-2)14(12)7-9/h3-4,9-14H,1-2,5-8H2. The van der Waals surface area contributed by atoms with E-state index in [4.69, 9.17) is 0 Å². The van der Waals surface area contributed by atoms with Crippen LogP contribution in [0, 0.1) is 35.5 Å². The highest BCUT2D eigenvalue weighted by atomic mass is 14.6. The van der Waals surface area contributed by atoms with Crippen molar-refractivity contribution in [3.63, 3.8) is 0 Å². The van der Waals surface area contributed by atoms with Gasteiger partial charge in [-0.2, -0.15) is 0 Å². The average molecular weight is 188 g/mol. The van der Waals surface area contributed by atoms with Crippen molar-refractivity contribution < 1.29 is 0 Å². The van der Waals surface area contributed by atoms with E-state index in [9.17, 15) is 0 Å². The van der Waals surface area contributed by atoms with Gasteiger partial charge in [-0.1, -0.05) is 12.2 Å². The van der Waals surface area contributed by atoms with Crippen molar-refractivity contribution >= 4 is 0 Å². The van der Waals surface area contributed by atoms with Gasteiger partial charge in [0.1, 0.15) is 0 Å². The summed E-state index contributed by atoms with van der Waals surface area (Å²) in [6.07, 6.45) is 10.4. The molecule has 14 heavy (non-hydrogen) atoms. The number of allylic oxidation sites excluding steroid dienone is 2. The molecule has 0 N–H and O–H groups in total. The molecule has 0 aromatic rings. The van der Waals surface area contributed by atoms with Gasteiger partial charge in [-0.15, -0.1) is 13.2 Å². The van der Waals surface area contributed by atoms with E-state index < -0.39 is 0 Å². The lowest BCUT2D eigenvalue weighted by molar-refractivity contribution is -0.0493. The Balaban J connectivity index is 1.94. The molecule has 0 aromatic carbocycles. The van der Waals surface area contributed by atoms with Gasteiger partial charge in [0.25, 0.3) is 0 Å². The lowest BCUT2D eigenvalue weighted by atomic mass is 9.48. The van der Waals surface area contributed by atoms with E-state index in [1.165, 1.54) is 25.7 Å². The summed E-state index contributed by atoms with van der Waals surface area (Å²) in [7, 11) is 0. The fraction of sp³-hybridized carbons (Fsp3) is 0.714. The second kappa shape index (κ2) is 2.98. The molecule has 0 aliphatic heterocycles. The summed E-state index contributed by atoms with van der Waals surface area (Å²) >= 11 is 0. The van der Waals surface area contributed by atoms with Crippen LogP contribution in [0.4, 0.5) is 0 Å². The highest BCUT2D eigenvalue weighted by Gasteiger charge is 2.51. The minimum Gasteiger partial charge on any atom is -0.103 e. The fourth-order valence-corrected chi connectivity index (χ4v) is 4.74. The quantitative estimate of drug-likeness (QED) is 0.580. The average Bonchev–Trinajstić information content (AvgIpc) is 2.17. The van der Waals surface area contributed by atoms with Crippen molar-refractivity contribution in [2.75, 3.05) is 0 Å². The maximum atomic E-state index is 4.04. The highest BCUT2D eigenvalue weighted by Crippen LogP contribution is 2.59. The van der Waals surface area contributed by atoms with Gasteiger partial charge in [-0.3, -0.25) is 0 Å². The number of hydrogen-bond donors (Lipinski definition) is 0. The van der Waals surface area contributed by atoms with E-state index in [1.54, 1.807) is 0 Å². The summed E-state index contributed by atoms with van der Waals surface area (Å²) in [6.45, 7) is 8.08. The Kier molecular flexibility index (Phi) is 1.87. The summed E-state index contributed by atoms with van der Waals surface area (Å²) in [5.74, 6) is 5.53. The molecule has 4 fully saturated rings. The Bertz CT molecular complexity index is 241. The largest absolute Gasteiger partial charge is 0.103 e. The Morgan fingerprint density at radius 1 is 0.786 bits per heavy atom. The van der Waals surface area contributed by atoms with Crippen LogP contribution in [0.5, 0.6) is 0 Å². The molecule has 4 rings (SSSR count). The first-order valence-electron chi connectivity index (χ1n) is 6.08. The van der Waals surface area contributed by atoms with E-state index in [0.717, 1.165) is 35.5 Å². The fourth-order valence-electron chi connectivity index (χ4n) is 4.74. The molecule has 0 aromatic heterocycles. The Labute approximate surface area is 87.1 Å². The van der Waals surface area contributed by atoms with Crippen LogP contribution in [0.1, 0.15) is 25.7 Å². The summed E-state index contributed by atoms with van der Waals surface area (Å²) < 4.78 is 0. The van der Waals surface area contributed by atoms with Gasteiger partial charge in [0.2, 0.25) is 0 Å². The first kappa shape index (κ1) is 8.76. The normalized spacial score (nSPS) is 54.6. The summed E-state index contributed by atoms with van der Waals surface area (Å²) in [6, 6.07) is 0. The van der Waals surface area contributed by atoms with Gasteiger partial charge in [-0.25, -0.2) is 0 Å². The molecule has 76 valence electrons. The van der Waals surface area contributed by atoms with Gasteiger partial charge >= 0.3 is 0 Å². The third-order valence-corrected chi connectivity index (χ3v) is 5.10. The molecular formula is C14H20. The van der Waals surface area contributed by atoms with Crippen molar-refractivity contribution in [2.24, 2.45) is 35.5 Å². The maximum absolute atomic E-state index is 4.04. The summed E-state index contributed by atoms with van der Waals surface area (Å²) in [5, 5.41) is 0. The van der Waals surface area contributed by atoms with Gasteiger partial charge in [-0.05, 0) is 61.2 Å². The molecule has 0 heterocycles. The Hall–Kier alpha value is -0.520. The van der Waals surface area contributed by atoms with Crippen molar-refractivity contribution in [1.29, 1.82) is 0 Å². The molecule has 0 amide bonds. The maximum Gasteiger partial charge on any atom is -0.0173 e. The molecule has 4 aliphatic carbocycles. The van der Waals surface area contributed by atoms with Gasteiger partial charge in [0.15, 0.2) is 0 Å². The van der Waals surface area contributed by atoms with E-state index in [0.29, 0.717) is 0 Å². The van der Waals surface area contributed by atoms with Gasteiger partial charge < -0.3 is 0 Å². The zero-order chi connectivity index (χ0) is 9.71. The van der Waals surface area contributed by atoms with E-state index in [-0.39, 0.29) is 0 Å². The number of rotatable bonds is 2. The van der Waals surface area contributed by atoms with Gasteiger partial charge in [0.05, 0.1) is 0 Å². The molecule has 0 nitrogen and oxygen atoms in total. The molecule has 0 saturated heterocycles. The molecule has 4 bridgehead atoms. The van der Waals surface area contributed by atoms with Crippen LogP contribution < -0.4 is 0 Å². The third kappa shape index (κ3) is 1.00. The first-order chi connectivity index (χ1) is 6.83. The van der Waals surface area contributed by atoms with Crippen LogP contribution in [-0.2, 0) is 0 Å². The van der Waals surface area contributed by atoms with E-state index in [1.807, 2.05) is 0 Å². The predicted octanol–water partition coefficient (Wildman–Crippen LogP) is 3.66. The predicted molar refractivity (Wildman–Crippen MR) is 59.8 cm³/mol. The lowest BCUT2D eigenvalue weighted by Gasteiger charge is -2.57. The molecule has 4 atom stereocenters. The Morgan fingerprint density at radius 2 is 1.36 bits per heavy atom. The van der Waals surface area contributed by atoms with Crippen LogP contribution in [0.3, 0.4) is 0 Å². The smallest absolute Gasteiger partial charge is 0.0173 e. The zero-order valence-electron chi connectivity index (χ0n) is 8.86. The SMILES string of the molecule is C=CC1C2CC3CC(C2)C(C=C)C1C3. The second-order valence-corrected chi connectivity index (χ2v) is 5.62. The molecule has 0 heteroatoms. The second-order valence-electron chi connectivity index (χ2n) is 5.62. The van der Waals surface area contributed by atoms with E-state index >= 15 is 0 Å². The molecule has 0 radical (unpaired) electrons. The highest BCUT2D eigenvalue weighted by molar-refractivity contribution is 5.10. The Morgan fingerprint density at radius 3 is 1.86 bits per heavy atom. The molecule has 4 aliphatic rings. The van der Waals surface area contributed by atoms with Crippen molar-refractivity contribution in [1.82, 2.24) is 0 Å². The monoisotopic (exact) mass is 188 g/mol. The number of hydrogen-bond acceptors (Lipinski definition) is 0. The van der Waals surface area contributed by atoms with E-state index in [2.05, 4.69) is 25.3 Å². The van der Waals surface area contributed by atoms with Crippen LogP contribution >= 0.6 is 0 Å². The van der Waals surface area contributed by atoms with Crippen LogP contribution in [0.15, 0.2) is 25.3 Å². The van der Waals surface area contributed by atoms with Crippen LogP contribution in [0.2, 0.25) is 0 Å². The molecule has 0 spiro atoms. The summed E-state index contributed by atoms with van der Waals surface area (Å²) in [4.78, 5) is 0.